The van der Waals surface area contributed by atoms with Crippen LogP contribution in [0.1, 0.15) is 23.2 Å². The van der Waals surface area contributed by atoms with Crippen LogP contribution < -0.4 is 4.72 Å². The Labute approximate surface area is 162 Å². The van der Waals surface area contributed by atoms with Gasteiger partial charge in [0.2, 0.25) is 0 Å². The maximum atomic E-state index is 12.9. The molecule has 0 unspecified atom stereocenters. The molecule has 0 aliphatic carbocycles. The lowest BCUT2D eigenvalue weighted by molar-refractivity contribution is 0.0794. The zero-order chi connectivity index (χ0) is 19.6. The van der Waals surface area contributed by atoms with Gasteiger partial charge in [0.05, 0.1) is 21.8 Å². The van der Waals surface area contributed by atoms with Gasteiger partial charge in [-0.3, -0.25) is 9.52 Å². The number of amides is 1. The van der Waals surface area contributed by atoms with Gasteiger partial charge in [0.25, 0.3) is 15.9 Å². The number of rotatable bonds is 5. The van der Waals surface area contributed by atoms with Crippen molar-refractivity contribution in [1.29, 1.82) is 0 Å². The van der Waals surface area contributed by atoms with Crippen LogP contribution in [0.2, 0.25) is 0 Å². The molecule has 1 aliphatic heterocycles. The number of hydrogen-bond acceptors (Lipinski definition) is 6. The summed E-state index contributed by atoms with van der Waals surface area (Å²) in [4.78, 5) is 14.6. The number of nitrogens with zero attached hydrogens (tertiary/aromatic N) is 5. The summed E-state index contributed by atoms with van der Waals surface area (Å²) in [6.45, 7) is 1.38. The summed E-state index contributed by atoms with van der Waals surface area (Å²) >= 11 is 0. The summed E-state index contributed by atoms with van der Waals surface area (Å²) in [5, 5.41) is 10.9. The maximum absolute atomic E-state index is 12.9. The molecule has 0 spiro atoms. The summed E-state index contributed by atoms with van der Waals surface area (Å²) in [5.41, 5.74) is 1.10. The number of benzene rings is 2. The van der Waals surface area contributed by atoms with E-state index in [0.717, 1.165) is 12.8 Å². The third-order valence-electron chi connectivity index (χ3n) is 4.54. The van der Waals surface area contributed by atoms with E-state index in [-0.39, 0.29) is 16.5 Å². The topological polar surface area (TPSA) is 110 Å². The van der Waals surface area contributed by atoms with Crippen LogP contribution >= 0.6 is 0 Å². The lowest BCUT2D eigenvalue weighted by Crippen LogP contribution is -2.28. The summed E-state index contributed by atoms with van der Waals surface area (Å²) in [6, 6.07) is 12.9. The lowest BCUT2D eigenvalue weighted by Gasteiger charge is -2.18. The van der Waals surface area contributed by atoms with Gasteiger partial charge in [0.1, 0.15) is 6.33 Å². The summed E-state index contributed by atoms with van der Waals surface area (Å²) in [5.74, 6) is -0.168. The molecule has 1 saturated heterocycles. The van der Waals surface area contributed by atoms with Crippen molar-refractivity contribution < 1.29 is 13.2 Å². The molecule has 1 N–H and O–H groups in total. The number of tetrazole rings is 1. The first-order chi connectivity index (χ1) is 13.5. The molecule has 0 atom stereocenters. The van der Waals surface area contributed by atoms with Gasteiger partial charge in [0, 0.05) is 13.1 Å². The molecule has 1 fully saturated rings. The Morgan fingerprint density at radius 2 is 1.82 bits per heavy atom. The second-order valence-electron chi connectivity index (χ2n) is 6.40. The van der Waals surface area contributed by atoms with E-state index in [4.69, 9.17) is 0 Å². The smallest absolute Gasteiger partial charge is 0.261 e. The largest absolute Gasteiger partial charge is 0.339 e. The third-order valence-corrected chi connectivity index (χ3v) is 5.90. The fraction of sp³-hybridized carbons (Fsp3) is 0.222. The van der Waals surface area contributed by atoms with Crippen LogP contribution in [0, 0.1) is 0 Å². The fourth-order valence-electron chi connectivity index (χ4n) is 3.13. The van der Waals surface area contributed by atoms with Crippen LogP contribution in [0.3, 0.4) is 0 Å². The molecular weight excluding hydrogens is 380 g/mol. The van der Waals surface area contributed by atoms with Gasteiger partial charge in [-0.05, 0) is 53.6 Å². The molecule has 4 rings (SSSR count). The van der Waals surface area contributed by atoms with Gasteiger partial charge in [-0.1, -0.05) is 18.2 Å². The van der Waals surface area contributed by atoms with E-state index in [0.29, 0.717) is 24.3 Å². The average Bonchev–Trinajstić information content (AvgIpc) is 3.42. The van der Waals surface area contributed by atoms with Crippen molar-refractivity contribution in [2.45, 2.75) is 17.7 Å². The second-order valence-corrected chi connectivity index (χ2v) is 8.08. The Kier molecular flexibility index (Phi) is 4.78. The number of aromatic nitrogens is 4. The minimum atomic E-state index is -3.91. The van der Waals surface area contributed by atoms with Gasteiger partial charge < -0.3 is 4.90 Å². The molecule has 0 saturated carbocycles. The van der Waals surface area contributed by atoms with E-state index in [1.54, 1.807) is 41.3 Å². The predicted octanol–water partition coefficient (Wildman–Crippen LogP) is 1.70. The number of hydrogen-bond donors (Lipinski definition) is 1. The number of sulfonamides is 1. The molecule has 3 aromatic rings. The van der Waals surface area contributed by atoms with Crippen molar-refractivity contribution in [2.75, 3.05) is 17.8 Å². The summed E-state index contributed by atoms with van der Waals surface area (Å²) in [6.07, 6.45) is 3.30. The standard InChI is InChI=1S/C18H18N6O3S/c25-18(23-10-3-4-11-23)16-8-1-2-9-17(16)20-28(26,27)15-7-5-6-14(12-15)24-13-19-21-22-24/h1-2,5-9,12-13,20H,3-4,10-11H2. The quantitative estimate of drug-likeness (QED) is 0.700. The van der Waals surface area contributed by atoms with Crippen molar-refractivity contribution in [2.24, 2.45) is 0 Å². The van der Waals surface area contributed by atoms with Crippen molar-refractivity contribution >= 4 is 21.6 Å². The molecule has 1 aliphatic rings. The van der Waals surface area contributed by atoms with Crippen LogP contribution in [0.25, 0.3) is 5.69 Å². The van der Waals surface area contributed by atoms with Crippen molar-refractivity contribution in [3.05, 3.63) is 60.4 Å². The van der Waals surface area contributed by atoms with Crippen LogP contribution in [0.4, 0.5) is 5.69 Å². The Bertz CT molecular complexity index is 1090. The highest BCUT2D eigenvalue weighted by Crippen LogP contribution is 2.24. The number of likely N-dealkylation sites (tertiary alicyclic amines) is 1. The van der Waals surface area contributed by atoms with Crippen molar-refractivity contribution in [1.82, 2.24) is 25.1 Å². The van der Waals surface area contributed by atoms with E-state index in [2.05, 4.69) is 20.2 Å². The number of carbonyl (C=O) groups is 1. The monoisotopic (exact) mass is 398 g/mol. The van der Waals surface area contributed by atoms with E-state index >= 15 is 0 Å². The first-order valence-electron chi connectivity index (χ1n) is 8.79. The summed E-state index contributed by atoms with van der Waals surface area (Å²) in [7, 11) is -3.91. The van der Waals surface area contributed by atoms with E-state index < -0.39 is 10.0 Å². The van der Waals surface area contributed by atoms with Gasteiger partial charge in [-0.15, -0.1) is 5.10 Å². The molecule has 1 amide bonds. The Morgan fingerprint density at radius 1 is 1.04 bits per heavy atom. The second kappa shape index (κ2) is 7.39. The minimum absolute atomic E-state index is 0.0453. The molecular formula is C18H18N6O3S. The van der Waals surface area contributed by atoms with E-state index in [1.165, 1.54) is 23.1 Å². The Morgan fingerprint density at radius 3 is 2.57 bits per heavy atom. The van der Waals surface area contributed by atoms with E-state index in [1.807, 2.05) is 0 Å². The highest BCUT2D eigenvalue weighted by Gasteiger charge is 2.24. The maximum Gasteiger partial charge on any atom is 0.261 e. The third kappa shape index (κ3) is 3.58. The summed E-state index contributed by atoms with van der Waals surface area (Å²) < 4.78 is 29.8. The van der Waals surface area contributed by atoms with Gasteiger partial charge >= 0.3 is 0 Å². The zero-order valence-corrected chi connectivity index (χ0v) is 15.7. The van der Waals surface area contributed by atoms with Gasteiger partial charge in [-0.2, -0.15) is 0 Å². The van der Waals surface area contributed by atoms with Gasteiger partial charge in [0.15, 0.2) is 0 Å². The molecule has 0 radical (unpaired) electrons. The van der Waals surface area contributed by atoms with Crippen molar-refractivity contribution in [3.8, 4) is 5.69 Å². The zero-order valence-electron chi connectivity index (χ0n) is 14.9. The number of carbonyl (C=O) groups excluding carboxylic acids is 1. The lowest BCUT2D eigenvalue weighted by atomic mass is 10.1. The molecule has 10 heteroatoms. The van der Waals surface area contributed by atoms with Gasteiger partial charge in [-0.25, -0.2) is 13.1 Å². The number of anilines is 1. The Balaban J connectivity index is 1.64. The molecule has 1 aromatic heterocycles. The molecule has 9 nitrogen and oxygen atoms in total. The minimum Gasteiger partial charge on any atom is -0.339 e. The van der Waals surface area contributed by atoms with E-state index in [9.17, 15) is 13.2 Å². The fourth-order valence-corrected chi connectivity index (χ4v) is 4.24. The number of nitrogens with one attached hydrogen (secondary N) is 1. The van der Waals surface area contributed by atoms with Crippen LogP contribution in [0.5, 0.6) is 0 Å². The number of para-hydroxylation sites is 1. The van der Waals surface area contributed by atoms with Crippen molar-refractivity contribution in [3.63, 3.8) is 0 Å². The highest BCUT2D eigenvalue weighted by molar-refractivity contribution is 7.92. The first kappa shape index (κ1) is 18.1. The molecule has 2 aromatic carbocycles. The molecule has 2 heterocycles. The Hall–Kier alpha value is -3.27. The average molecular weight is 398 g/mol. The molecule has 0 bridgehead atoms. The molecule has 28 heavy (non-hydrogen) atoms. The van der Waals surface area contributed by atoms with Crippen LogP contribution in [-0.2, 0) is 10.0 Å². The van der Waals surface area contributed by atoms with Crippen LogP contribution in [-0.4, -0.2) is 52.5 Å². The van der Waals surface area contributed by atoms with Crippen LogP contribution in [0.15, 0.2) is 59.8 Å². The highest BCUT2D eigenvalue weighted by atomic mass is 32.2. The first-order valence-corrected chi connectivity index (χ1v) is 10.3. The predicted molar refractivity (Wildman–Crippen MR) is 102 cm³/mol. The normalized spacial score (nSPS) is 14.2. The molecule has 144 valence electrons. The SMILES string of the molecule is O=C(c1ccccc1NS(=O)(=O)c1cccc(-n2cnnn2)c1)N1CCCC1.